The van der Waals surface area contributed by atoms with Crippen LogP contribution in [0.2, 0.25) is 0 Å². The van der Waals surface area contributed by atoms with E-state index >= 15 is 0 Å². The number of amides is 1. The van der Waals surface area contributed by atoms with Crippen molar-refractivity contribution < 1.29 is 4.79 Å². The molecule has 0 radical (unpaired) electrons. The van der Waals surface area contributed by atoms with Crippen LogP contribution in [0.15, 0.2) is 17.6 Å². The summed E-state index contributed by atoms with van der Waals surface area (Å²) < 4.78 is 0. The average Bonchev–Trinajstić information content (AvgIpc) is 2.86. The summed E-state index contributed by atoms with van der Waals surface area (Å²) in [6, 6.07) is 1.89. The maximum absolute atomic E-state index is 11.9. The molecular formula is C10H10N4OS2. The number of anilines is 1. The van der Waals surface area contributed by atoms with E-state index in [4.69, 9.17) is 18.0 Å². The lowest BCUT2D eigenvalue weighted by molar-refractivity contribution is 0.102. The van der Waals surface area contributed by atoms with Gasteiger partial charge in [-0.2, -0.15) is 5.10 Å². The van der Waals surface area contributed by atoms with Gasteiger partial charge in [0.1, 0.15) is 10.8 Å². The first kappa shape index (κ1) is 11.7. The zero-order valence-electron chi connectivity index (χ0n) is 8.98. The summed E-state index contributed by atoms with van der Waals surface area (Å²) in [5, 5.41) is 11.0. The number of aromatic amines is 1. The van der Waals surface area contributed by atoms with Gasteiger partial charge in [0.05, 0.1) is 16.6 Å². The van der Waals surface area contributed by atoms with E-state index in [0.29, 0.717) is 16.3 Å². The molecule has 0 fully saturated rings. The van der Waals surface area contributed by atoms with E-state index in [0.717, 1.165) is 5.56 Å². The van der Waals surface area contributed by atoms with Crippen molar-refractivity contribution >= 4 is 40.3 Å². The van der Waals surface area contributed by atoms with Crippen LogP contribution in [0.1, 0.15) is 20.8 Å². The highest BCUT2D eigenvalue weighted by Gasteiger charge is 2.14. The minimum atomic E-state index is -0.195. The van der Waals surface area contributed by atoms with Crippen LogP contribution in [0.4, 0.5) is 5.82 Å². The number of thiocarbonyl (C=S) groups is 1. The predicted molar refractivity (Wildman–Crippen MR) is 71.5 cm³/mol. The van der Waals surface area contributed by atoms with E-state index in [1.54, 1.807) is 0 Å². The third-order valence-corrected chi connectivity index (χ3v) is 3.45. The molecule has 0 aliphatic rings. The summed E-state index contributed by atoms with van der Waals surface area (Å²) in [5.41, 5.74) is 6.97. The van der Waals surface area contributed by atoms with Crippen LogP contribution in [0, 0.1) is 6.92 Å². The van der Waals surface area contributed by atoms with Crippen LogP contribution in [0.25, 0.3) is 0 Å². The highest BCUT2D eigenvalue weighted by Crippen LogP contribution is 2.18. The lowest BCUT2D eigenvalue weighted by Crippen LogP contribution is -2.16. The Morgan fingerprint density at radius 2 is 2.41 bits per heavy atom. The summed E-state index contributed by atoms with van der Waals surface area (Å²) in [4.78, 5) is 12.8. The molecule has 17 heavy (non-hydrogen) atoms. The molecule has 2 aromatic rings. The minimum absolute atomic E-state index is 0.192. The van der Waals surface area contributed by atoms with E-state index in [1.807, 2.05) is 18.4 Å². The first-order valence-electron chi connectivity index (χ1n) is 4.78. The highest BCUT2D eigenvalue weighted by atomic mass is 32.1. The van der Waals surface area contributed by atoms with Crippen LogP contribution in [0.3, 0.4) is 0 Å². The monoisotopic (exact) mass is 266 g/mol. The van der Waals surface area contributed by atoms with Crippen molar-refractivity contribution in [1.82, 2.24) is 10.2 Å². The normalized spacial score (nSPS) is 10.2. The summed E-state index contributed by atoms with van der Waals surface area (Å²) in [7, 11) is 0. The molecule has 2 rings (SSSR count). The van der Waals surface area contributed by atoms with Gasteiger partial charge in [0.2, 0.25) is 0 Å². The molecule has 0 saturated carbocycles. The Morgan fingerprint density at radius 3 is 3.00 bits per heavy atom. The SMILES string of the molecule is Cc1ccsc1C(=O)Nc1[nH]ncc1C(N)=S. The largest absolute Gasteiger partial charge is 0.389 e. The summed E-state index contributed by atoms with van der Waals surface area (Å²) in [5.74, 6) is 0.231. The van der Waals surface area contributed by atoms with Gasteiger partial charge in [-0.25, -0.2) is 0 Å². The number of nitrogens with one attached hydrogen (secondary N) is 2. The molecule has 2 heterocycles. The van der Waals surface area contributed by atoms with Crippen molar-refractivity contribution in [3.63, 3.8) is 0 Å². The Labute approximate surface area is 107 Å². The predicted octanol–water partition coefficient (Wildman–Crippen LogP) is 1.67. The Balaban J connectivity index is 2.22. The quantitative estimate of drug-likeness (QED) is 0.738. The lowest BCUT2D eigenvalue weighted by atomic mass is 10.2. The molecule has 2 aromatic heterocycles. The smallest absolute Gasteiger partial charge is 0.267 e. The van der Waals surface area contributed by atoms with Crippen molar-refractivity contribution in [3.05, 3.63) is 33.6 Å². The van der Waals surface area contributed by atoms with Crippen molar-refractivity contribution in [2.75, 3.05) is 5.32 Å². The van der Waals surface area contributed by atoms with Gasteiger partial charge < -0.3 is 11.1 Å². The molecule has 0 aliphatic heterocycles. The van der Waals surface area contributed by atoms with Crippen molar-refractivity contribution in [1.29, 1.82) is 0 Å². The standard InChI is InChI=1S/C10H10N4OS2/c1-5-2-3-17-7(5)10(15)13-9-6(8(11)16)4-12-14-9/h2-4H,1H3,(H2,11,16)(H2,12,13,14,15). The number of aryl methyl sites for hydroxylation is 1. The Kier molecular flexibility index (Phi) is 3.21. The molecular weight excluding hydrogens is 256 g/mol. The number of hydrogen-bond acceptors (Lipinski definition) is 4. The first-order chi connectivity index (χ1) is 8.09. The molecule has 4 N–H and O–H groups in total. The summed E-state index contributed by atoms with van der Waals surface area (Å²) in [6.45, 7) is 1.88. The fraction of sp³-hybridized carbons (Fsp3) is 0.100. The topological polar surface area (TPSA) is 83.8 Å². The van der Waals surface area contributed by atoms with Gasteiger partial charge in [-0.05, 0) is 23.9 Å². The van der Waals surface area contributed by atoms with Crippen LogP contribution in [-0.4, -0.2) is 21.1 Å². The van der Waals surface area contributed by atoms with Crippen LogP contribution < -0.4 is 11.1 Å². The van der Waals surface area contributed by atoms with Gasteiger partial charge in [0.25, 0.3) is 5.91 Å². The Morgan fingerprint density at radius 1 is 1.65 bits per heavy atom. The number of nitrogens with zero attached hydrogens (tertiary/aromatic N) is 1. The van der Waals surface area contributed by atoms with E-state index in [9.17, 15) is 4.79 Å². The number of hydrogen-bond donors (Lipinski definition) is 3. The number of carbonyl (C=O) groups is 1. The van der Waals surface area contributed by atoms with Crippen molar-refractivity contribution in [3.8, 4) is 0 Å². The minimum Gasteiger partial charge on any atom is -0.389 e. The number of aromatic nitrogens is 2. The van der Waals surface area contributed by atoms with Crippen molar-refractivity contribution in [2.45, 2.75) is 6.92 Å². The maximum atomic E-state index is 11.9. The third kappa shape index (κ3) is 2.34. The molecule has 0 bridgehead atoms. The molecule has 0 spiro atoms. The van der Waals surface area contributed by atoms with Gasteiger partial charge in [0.15, 0.2) is 0 Å². The molecule has 0 aliphatic carbocycles. The van der Waals surface area contributed by atoms with Gasteiger partial charge in [-0.15, -0.1) is 11.3 Å². The molecule has 88 valence electrons. The van der Waals surface area contributed by atoms with Gasteiger partial charge in [-0.3, -0.25) is 9.89 Å². The van der Waals surface area contributed by atoms with Crippen LogP contribution in [-0.2, 0) is 0 Å². The Bertz CT molecular complexity index is 572. The van der Waals surface area contributed by atoms with E-state index in [-0.39, 0.29) is 10.9 Å². The molecule has 0 unspecified atom stereocenters. The van der Waals surface area contributed by atoms with Crippen LogP contribution in [0.5, 0.6) is 0 Å². The third-order valence-electron chi connectivity index (χ3n) is 2.21. The number of rotatable bonds is 3. The molecule has 1 amide bonds. The van der Waals surface area contributed by atoms with Gasteiger partial charge in [0, 0.05) is 0 Å². The van der Waals surface area contributed by atoms with E-state index in [2.05, 4.69) is 15.5 Å². The van der Waals surface area contributed by atoms with Crippen molar-refractivity contribution in [2.24, 2.45) is 5.73 Å². The van der Waals surface area contributed by atoms with E-state index in [1.165, 1.54) is 17.5 Å². The Hall–Kier alpha value is -1.73. The van der Waals surface area contributed by atoms with Gasteiger partial charge in [-0.1, -0.05) is 12.2 Å². The number of H-pyrrole nitrogens is 1. The second-order valence-electron chi connectivity index (χ2n) is 3.41. The second-order valence-corrected chi connectivity index (χ2v) is 4.77. The fourth-order valence-electron chi connectivity index (χ4n) is 1.34. The second kappa shape index (κ2) is 4.64. The van der Waals surface area contributed by atoms with E-state index < -0.39 is 0 Å². The molecule has 5 nitrogen and oxygen atoms in total. The molecule has 0 atom stereocenters. The molecule has 0 saturated heterocycles. The molecule has 0 aromatic carbocycles. The zero-order chi connectivity index (χ0) is 12.4. The zero-order valence-corrected chi connectivity index (χ0v) is 10.6. The lowest BCUT2D eigenvalue weighted by Gasteiger charge is -2.03. The molecule has 7 heteroatoms. The highest BCUT2D eigenvalue weighted by molar-refractivity contribution is 7.80. The van der Waals surface area contributed by atoms with Gasteiger partial charge >= 0.3 is 0 Å². The first-order valence-corrected chi connectivity index (χ1v) is 6.07. The summed E-state index contributed by atoms with van der Waals surface area (Å²) >= 11 is 6.23. The number of carbonyl (C=O) groups excluding carboxylic acids is 1. The fourth-order valence-corrected chi connectivity index (χ4v) is 2.32. The summed E-state index contributed by atoms with van der Waals surface area (Å²) in [6.07, 6.45) is 1.49. The number of thiophene rings is 1. The maximum Gasteiger partial charge on any atom is 0.267 e. The van der Waals surface area contributed by atoms with Crippen LogP contribution >= 0.6 is 23.6 Å². The number of nitrogens with two attached hydrogens (primary N) is 1. The average molecular weight is 266 g/mol.